The summed E-state index contributed by atoms with van der Waals surface area (Å²) in [5, 5.41) is 9.09. The third-order valence-electron chi connectivity index (χ3n) is 1.77. The Labute approximate surface area is 66.9 Å². The van der Waals surface area contributed by atoms with Crippen molar-refractivity contribution in [2.75, 3.05) is 0 Å². The average Bonchev–Trinajstić information content (AvgIpc) is 2.09. The molecule has 62 valence electrons. The van der Waals surface area contributed by atoms with E-state index in [4.69, 9.17) is 5.11 Å². The van der Waals surface area contributed by atoms with Gasteiger partial charge in [0.2, 0.25) is 0 Å². The molecular weight excluding hydrogens is 140 g/mol. The summed E-state index contributed by atoms with van der Waals surface area (Å²) in [7, 11) is 0. The van der Waals surface area contributed by atoms with Gasteiger partial charge in [0.05, 0.1) is 6.10 Å². The lowest BCUT2D eigenvalue weighted by atomic mass is 10.0. The second-order valence-corrected chi connectivity index (χ2v) is 3.48. The molecule has 0 aromatic carbocycles. The zero-order chi connectivity index (χ0) is 8.43. The first-order chi connectivity index (χ1) is 5.09. The van der Waals surface area contributed by atoms with Gasteiger partial charge in [-0.1, -0.05) is 13.8 Å². The van der Waals surface area contributed by atoms with Crippen LogP contribution in [0, 0.1) is 5.92 Å². The largest absolute Gasteiger partial charge is 0.389 e. The summed E-state index contributed by atoms with van der Waals surface area (Å²) in [5.41, 5.74) is 0.813. The van der Waals surface area contributed by atoms with Crippen LogP contribution in [0.15, 0.2) is 11.6 Å². The van der Waals surface area contributed by atoms with Gasteiger partial charge >= 0.3 is 0 Å². The van der Waals surface area contributed by atoms with Gasteiger partial charge in [0.15, 0.2) is 5.78 Å². The van der Waals surface area contributed by atoms with Gasteiger partial charge in [0, 0.05) is 6.42 Å². The highest BCUT2D eigenvalue weighted by Gasteiger charge is 2.21. The lowest BCUT2D eigenvalue weighted by Gasteiger charge is -2.02. The number of allylic oxidation sites excluding steroid dienone is 1. The van der Waals surface area contributed by atoms with Gasteiger partial charge in [-0.15, -0.1) is 0 Å². The summed E-state index contributed by atoms with van der Waals surface area (Å²) >= 11 is 0. The number of carbonyl (C=O) groups is 1. The van der Waals surface area contributed by atoms with Crippen LogP contribution in [0.4, 0.5) is 0 Å². The van der Waals surface area contributed by atoms with Crippen molar-refractivity contribution in [1.29, 1.82) is 0 Å². The van der Waals surface area contributed by atoms with Crippen LogP contribution < -0.4 is 0 Å². The van der Waals surface area contributed by atoms with E-state index in [1.807, 2.05) is 0 Å². The van der Waals surface area contributed by atoms with E-state index in [9.17, 15) is 4.79 Å². The molecule has 0 aliphatic heterocycles. The van der Waals surface area contributed by atoms with Crippen molar-refractivity contribution in [3.63, 3.8) is 0 Å². The molecule has 2 heteroatoms. The van der Waals surface area contributed by atoms with Crippen LogP contribution >= 0.6 is 0 Å². The third-order valence-corrected chi connectivity index (χ3v) is 1.77. The molecule has 0 aromatic heterocycles. The van der Waals surface area contributed by atoms with Crippen LogP contribution in [0.3, 0.4) is 0 Å². The fraction of sp³-hybridized carbons (Fsp3) is 0.667. The molecule has 0 spiro atoms. The quantitative estimate of drug-likeness (QED) is 0.650. The predicted octanol–water partition coefficient (Wildman–Crippen LogP) is 1.29. The van der Waals surface area contributed by atoms with Crippen LogP contribution in [-0.4, -0.2) is 17.0 Å². The van der Waals surface area contributed by atoms with Crippen LogP contribution in [0.25, 0.3) is 0 Å². The summed E-state index contributed by atoms with van der Waals surface area (Å²) in [6.07, 6.45) is 2.26. The van der Waals surface area contributed by atoms with Gasteiger partial charge in [0.25, 0.3) is 0 Å². The van der Waals surface area contributed by atoms with Crippen LogP contribution in [0.2, 0.25) is 0 Å². The standard InChI is InChI=1S/C9H14O2/c1-6(2)3-7-4-8(10)5-9(7)11/h4,6,8,10H,3,5H2,1-2H3. The molecule has 11 heavy (non-hydrogen) atoms. The monoisotopic (exact) mass is 154 g/mol. The minimum Gasteiger partial charge on any atom is -0.389 e. The number of Topliss-reactive ketones (excluding diaryl/α,β-unsaturated/α-hetero) is 1. The highest BCUT2D eigenvalue weighted by Crippen LogP contribution is 2.21. The SMILES string of the molecule is CC(C)CC1=CC(O)CC1=O. The fourth-order valence-electron chi connectivity index (χ4n) is 1.33. The second kappa shape index (κ2) is 3.18. The lowest BCUT2D eigenvalue weighted by molar-refractivity contribution is -0.116. The number of hydrogen-bond donors (Lipinski definition) is 1. The summed E-state index contributed by atoms with van der Waals surface area (Å²) in [4.78, 5) is 11.1. The summed E-state index contributed by atoms with van der Waals surface area (Å²) in [6.45, 7) is 4.14. The minimum absolute atomic E-state index is 0.117. The fourth-order valence-corrected chi connectivity index (χ4v) is 1.33. The molecule has 0 bridgehead atoms. The Bertz CT molecular complexity index is 192. The maximum Gasteiger partial charge on any atom is 0.161 e. The van der Waals surface area contributed by atoms with Gasteiger partial charge in [-0.05, 0) is 24.0 Å². The molecule has 1 unspecified atom stereocenters. The first-order valence-corrected chi connectivity index (χ1v) is 4.01. The molecule has 2 nitrogen and oxygen atoms in total. The smallest absolute Gasteiger partial charge is 0.161 e. The van der Waals surface area contributed by atoms with E-state index < -0.39 is 6.10 Å². The first-order valence-electron chi connectivity index (χ1n) is 4.01. The van der Waals surface area contributed by atoms with E-state index >= 15 is 0 Å². The second-order valence-electron chi connectivity index (χ2n) is 3.48. The molecular formula is C9H14O2. The molecule has 0 aromatic rings. The van der Waals surface area contributed by atoms with E-state index in [2.05, 4.69) is 13.8 Å². The molecule has 0 radical (unpaired) electrons. The van der Waals surface area contributed by atoms with E-state index in [1.165, 1.54) is 0 Å². The van der Waals surface area contributed by atoms with Crippen molar-refractivity contribution in [2.45, 2.75) is 32.8 Å². The van der Waals surface area contributed by atoms with Crippen LogP contribution in [0.1, 0.15) is 26.7 Å². The van der Waals surface area contributed by atoms with Gasteiger partial charge < -0.3 is 5.11 Å². The highest BCUT2D eigenvalue weighted by atomic mass is 16.3. The molecule has 0 saturated heterocycles. The molecule has 0 amide bonds. The predicted molar refractivity (Wildman–Crippen MR) is 43.2 cm³/mol. The van der Waals surface area contributed by atoms with Gasteiger partial charge in [-0.25, -0.2) is 0 Å². The molecule has 1 atom stereocenters. The highest BCUT2D eigenvalue weighted by molar-refractivity contribution is 5.98. The molecule has 0 fully saturated rings. The number of carbonyl (C=O) groups excluding carboxylic acids is 1. The van der Waals surface area contributed by atoms with Crippen molar-refractivity contribution < 1.29 is 9.90 Å². The van der Waals surface area contributed by atoms with E-state index in [-0.39, 0.29) is 5.78 Å². The van der Waals surface area contributed by atoms with Gasteiger partial charge in [-0.3, -0.25) is 4.79 Å². The molecule has 1 N–H and O–H groups in total. The van der Waals surface area contributed by atoms with Crippen molar-refractivity contribution in [2.24, 2.45) is 5.92 Å². The number of aliphatic hydroxyl groups is 1. The Hall–Kier alpha value is -0.630. The Kier molecular flexibility index (Phi) is 2.45. The van der Waals surface area contributed by atoms with E-state index in [1.54, 1.807) is 6.08 Å². The third kappa shape index (κ3) is 2.15. The summed E-state index contributed by atoms with van der Waals surface area (Å²) in [5.74, 6) is 0.613. The number of ketones is 1. The van der Waals surface area contributed by atoms with Crippen LogP contribution in [-0.2, 0) is 4.79 Å². The number of rotatable bonds is 2. The normalized spacial score (nSPS) is 24.5. The van der Waals surface area contributed by atoms with Crippen molar-refractivity contribution in [3.8, 4) is 0 Å². The molecule has 0 heterocycles. The zero-order valence-corrected chi connectivity index (χ0v) is 7.00. The van der Waals surface area contributed by atoms with Gasteiger partial charge in [-0.2, -0.15) is 0 Å². The Morgan fingerprint density at radius 2 is 2.36 bits per heavy atom. The molecule has 0 saturated carbocycles. The molecule has 1 rings (SSSR count). The van der Waals surface area contributed by atoms with Crippen molar-refractivity contribution >= 4 is 5.78 Å². The maximum atomic E-state index is 11.1. The van der Waals surface area contributed by atoms with Crippen LogP contribution in [0.5, 0.6) is 0 Å². The Balaban J connectivity index is 2.57. The average molecular weight is 154 g/mol. The van der Waals surface area contributed by atoms with E-state index in [0.717, 1.165) is 12.0 Å². The van der Waals surface area contributed by atoms with Crippen molar-refractivity contribution in [1.82, 2.24) is 0 Å². The topological polar surface area (TPSA) is 37.3 Å². The number of hydrogen-bond acceptors (Lipinski definition) is 2. The lowest BCUT2D eigenvalue weighted by Crippen LogP contribution is -2.02. The minimum atomic E-state index is -0.517. The first kappa shape index (κ1) is 8.47. The van der Waals surface area contributed by atoms with Crippen molar-refractivity contribution in [3.05, 3.63) is 11.6 Å². The maximum absolute atomic E-state index is 11.1. The van der Waals surface area contributed by atoms with E-state index in [0.29, 0.717) is 12.3 Å². The summed E-state index contributed by atoms with van der Waals surface area (Å²) in [6, 6.07) is 0. The molecule has 1 aliphatic rings. The number of aliphatic hydroxyl groups excluding tert-OH is 1. The Morgan fingerprint density at radius 1 is 1.73 bits per heavy atom. The summed E-state index contributed by atoms with van der Waals surface area (Å²) < 4.78 is 0. The zero-order valence-electron chi connectivity index (χ0n) is 7.00. The molecule has 1 aliphatic carbocycles. The Morgan fingerprint density at radius 3 is 2.73 bits per heavy atom. The van der Waals surface area contributed by atoms with Gasteiger partial charge in [0.1, 0.15) is 0 Å².